The minimum atomic E-state index is -0.555. The Morgan fingerprint density at radius 1 is 1.47 bits per heavy atom. The summed E-state index contributed by atoms with van der Waals surface area (Å²) in [5.41, 5.74) is -0.115. The van der Waals surface area contributed by atoms with Gasteiger partial charge >= 0.3 is 5.97 Å². The monoisotopic (exact) mass is 258 g/mol. The fourth-order valence-corrected chi connectivity index (χ4v) is 1.09. The van der Waals surface area contributed by atoms with Crippen LogP contribution in [-0.2, 0) is 14.3 Å². The first-order valence-corrected chi connectivity index (χ1v) is 5.58. The third-order valence-corrected chi connectivity index (χ3v) is 1.84. The van der Waals surface area contributed by atoms with Gasteiger partial charge < -0.3 is 10.1 Å². The first-order chi connectivity index (χ1) is 7.78. The highest BCUT2D eigenvalue weighted by molar-refractivity contribution is 7.83. The van der Waals surface area contributed by atoms with Gasteiger partial charge in [-0.1, -0.05) is 0 Å². The van der Waals surface area contributed by atoms with Crippen LogP contribution in [0.5, 0.6) is 0 Å². The molecule has 0 fully saturated rings. The van der Waals surface area contributed by atoms with E-state index in [1.165, 1.54) is 5.41 Å². The van der Waals surface area contributed by atoms with Crippen molar-refractivity contribution >= 4 is 31.2 Å². The van der Waals surface area contributed by atoms with Gasteiger partial charge in [-0.15, -0.1) is 12.6 Å². The van der Waals surface area contributed by atoms with E-state index in [1.54, 1.807) is 20.8 Å². The van der Waals surface area contributed by atoms with Crippen LogP contribution in [-0.4, -0.2) is 30.7 Å². The maximum atomic E-state index is 11.4. The smallest absolute Gasteiger partial charge is 0.325 e. The maximum absolute atomic E-state index is 11.4. The Hall–Kier alpha value is -1.30. The molecule has 17 heavy (non-hydrogen) atoms. The van der Waals surface area contributed by atoms with Crippen LogP contribution < -0.4 is 5.32 Å². The lowest BCUT2D eigenvalue weighted by atomic mass is 10.2. The lowest BCUT2D eigenvalue weighted by Crippen LogP contribution is -2.34. The molecule has 0 aliphatic rings. The predicted molar refractivity (Wildman–Crippen MR) is 70.1 cm³/mol. The van der Waals surface area contributed by atoms with E-state index in [4.69, 9.17) is 4.74 Å². The molecule has 0 aromatic heterocycles. The molecule has 0 heterocycles. The van der Waals surface area contributed by atoms with Gasteiger partial charge in [0.05, 0.1) is 12.1 Å². The van der Waals surface area contributed by atoms with Gasteiger partial charge in [0.2, 0.25) is 5.91 Å². The van der Waals surface area contributed by atoms with Gasteiger partial charge in [-0.05, 0) is 32.9 Å². The van der Waals surface area contributed by atoms with Crippen LogP contribution in [0.4, 0.5) is 0 Å². The lowest BCUT2D eigenvalue weighted by Gasteiger charge is -2.19. The van der Waals surface area contributed by atoms with E-state index >= 15 is 0 Å². The van der Waals surface area contributed by atoms with Crippen molar-refractivity contribution in [3.63, 3.8) is 0 Å². The zero-order chi connectivity index (χ0) is 13.5. The first kappa shape index (κ1) is 15.7. The van der Waals surface area contributed by atoms with Crippen molar-refractivity contribution in [2.75, 3.05) is 6.54 Å². The average Bonchev–Trinajstić information content (AvgIpc) is 2.20. The van der Waals surface area contributed by atoms with Crippen molar-refractivity contribution in [1.29, 1.82) is 0 Å². The van der Waals surface area contributed by atoms with E-state index in [1.807, 2.05) is 0 Å². The van der Waals surface area contributed by atoms with Crippen molar-refractivity contribution in [1.82, 2.24) is 5.32 Å². The van der Waals surface area contributed by atoms with Crippen molar-refractivity contribution in [2.45, 2.75) is 32.8 Å². The summed E-state index contributed by atoms with van der Waals surface area (Å²) in [6.45, 7) is 8.41. The van der Waals surface area contributed by atoms with Gasteiger partial charge in [-0.3, -0.25) is 14.6 Å². The molecule has 0 aromatic carbocycles. The molecule has 1 amide bonds. The van der Waals surface area contributed by atoms with E-state index in [9.17, 15) is 9.59 Å². The topological polar surface area (TPSA) is 67.8 Å². The van der Waals surface area contributed by atoms with E-state index in [-0.39, 0.29) is 18.9 Å². The number of hydrogen-bond acceptors (Lipinski definition) is 5. The molecular weight excluding hydrogens is 240 g/mol. The SMILES string of the molecule is C=N/C(=C\S)CC(=O)NCC(=O)OC(C)(C)C. The Morgan fingerprint density at radius 3 is 2.47 bits per heavy atom. The molecule has 0 aromatic rings. The van der Waals surface area contributed by atoms with E-state index in [0.717, 1.165) is 0 Å². The van der Waals surface area contributed by atoms with Crippen LogP contribution in [0.2, 0.25) is 0 Å². The number of esters is 1. The molecule has 0 atom stereocenters. The molecule has 96 valence electrons. The van der Waals surface area contributed by atoms with Crippen LogP contribution >= 0.6 is 12.6 Å². The molecule has 0 aliphatic carbocycles. The number of ether oxygens (including phenoxy) is 1. The molecule has 0 radical (unpaired) electrons. The highest BCUT2D eigenvalue weighted by Gasteiger charge is 2.16. The van der Waals surface area contributed by atoms with Gasteiger partial charge in [0, 0.05) is 0 Å². The third-order valence-electron chi connectivity index (χ3n) is 1.54. The third kappa shape index (κ3) is 8.50. The molecule has 0 aliphatic heterocycles. The fraction of sp³-hybridized carbons (Fsp3) is 0.545. The fourth-order valence-electron chi connectivity index (χ4n) is 0.918. The molecule has 6 heteroatoms. The molecule has 0 rings (SSSR count). The molecule has 0 spiro atoms. The Morgan fingerprint density at radius 2 is 2.06 bits per heavy atom. The minimum Gasteiger partial charge on any atom is -0.459 e. The normalized spacial score (nSPS) is 11.9. The molecule has 5 nitrogen and oxygen atoms in total. The van der Waals surface area contributed by atoms with E-state index in [2.05, 4.69) is 29.7 Å². The summed E-state index contributed by atoms with van der Waals surface area (Å²) in [6.07, 6.45) is 0.0375. The average molecular weight is 258 g/mol. The molecule has 0 saturated heterocycles. The van der Waals surface area contributed by atoms with Crippen molar-refractivity contribution in [2.24, 2.45) is 4.99 Å². The standard InChI is InChI=1S/C11H18N2O3S/c1-11(2,3)16-10(15)6-13-9(14)5-8(7-17)12-4/h7,17H,4-6H2,1-3H3,(H,13,14)/b8-7-. The summed E-state index contributed by atoms with van der Waals surface area (Å²) in [5, 5.41) is 3.82. The van der Waals surface area contributed by atoms with Crippen molar-refractivity contribution in [3.05, 3.63) is 11.1 Å². The van der Waals surface area contributed by atoms with Crippen LogP contribution in [0.1, 0.15) is 27.2 Å². The minimum absolute atomic E-state index is 0.0375. The van der Waals surface area contributed by atoms with Crippen molar-refractivity contribution in [3.8, 4) is 0 Å². The Kier molecular flexibility index (Phi) is 6.57. The van der Waals surface area contributed by atoms with Crippen molar-refractivity contribution < 1.29 is 14.3 Å². The Labute approximate surface area is 107 Å². The highest BCUT2D eigenvalue weighted by atomic mass is 32.1. The van der Waals surface area contributed by atoms with Crippen LogP contribution in [0.25, 0.3) is 0 Å². The first-order valence-electron chi connectivity index (χ1n) is 5.07. The van der Waals surface area contributed by atoms with Gasteiger partial charge in [-0.25, -0.2) is 0 Å². The lowest BCUT2D eigenvalue weighted by molar-refractivity contribution is -0.154. The summed E-state index contributed by atoms with van der Waals surface area (Å²) in [6, 6.07) is 0. The summed E-state index contributed by atoms with van der Waals surface area (Å²) in [7, 11) is 0. The summed E-state index contributed by atoms with van der Waals surface area (Å²) in [4.78, 5) is 26.2. The Bertz CT molecular complexity index is 332. The zero-order valence-electron chi connectivity index (χ0n) is 10.3. The second-order valence-electron chi connectivity index (χ2n) is 4.32. The predicted octanol–water partition coefficient (Wildman–Crippen LogP) is 1.31. The number of carbonyl (C=O) groups is 2. The van der Waals surface area contributed by atoms with Gasteiger partial charge in [-0.2, -0.15) is 0 Å². The number of thiol groups is 1. The largest absolute Gasteiger partial charge is 0.459 e. The maximum Gasteiger partial charge on any atom is 0.325 e. The number of aliphatic imine (C=N–C) groups is 1. The van der Waals surface area contributed by atoms with Crippen LogP contribution in [0.15, 0.2) is 16.1 Å². The quantitative estimate of drug-likeness (QED) is 0.444. The zero-order valence-corrected chi connectivity index (χ0v) is 11.2. The number of rotatable bonds is 5. The number of amides is 1. The van der Waals surface area contributed by atoms with Gasteiger partial charge in [0.15, 0.2) is 0 Å². The summed E-state index contributed by atoms with van der Waals surface area (Å²) in [5.74, 6) is -0.808. The van der Waals surface area contributed by atoms with E-state index < -0.39 is 11.6 Å². The molecule has 0 unspecified atom stereocenters. The molecular formula is C11H18N2O3S. The molecule has 1 N–H and O–H groups in total. The number of carbonyl (C=O) groups excluding carboxylic acids is 2. The number of nitrogens with one attached hydrogen (secondary N) is 1. The highest BCUT2D eigenvalue weighted by Crippen LogP contribution is 2.06. The second kappa shape index (κ2) is 7.11. The molecule has 0 bridgehead atoms. The summed E-state index contributed by atoms with van der Waals surface area (Å²) >= 11 is 3.87. The van der Waals surface area contributed by atoms with Gasteiger partial charge in [0.1, 0.15) is 12.1 Å². The number of hydrogen-bond donors (Lipinski definition) is 2. The van der Waals surface area contributed by atoms with Crippen LogP contribution in [0.3, 0.4) is 0 Å². The van der Waals surface area contributed by atoms with E-state index in [0.29, 0.717) is 5.70 Å². The summed E-state index contributed by atoms with van der Waals surface area (Å²) < 4.78 is 5.03. The molecule has 0 saturated carbocycles. The Balaban J connectivity index is 4.01. The second-order valence-corrected chi connectivity index (χ2v) is 4.58. The number of nitrogens with zero attached hydrogens (tertiary/aromatic N) is 1. The van der Waals surface area contributed by atoms with Crippen LogP contribution in [0, 0.1) is 0 Å². The van der Waals surface area contributed by atoms with Gasteiger partial charge in [0.25, 0.3) is 0 Å².